The highest BCUT2D eigenvalue weighted by molar-refractivity contribution is 5.96. The molecule has 4 rings (SSSR count). The van der Waals surface area contributed by atoms with Crippen LogP contribution in [0.15, 0.2) is 53.1 Å². The summed E-state index contributed by atoms with van der Waals surface area (Å²) in [5.41, 5.74) is 2.19. The van der Waals surface area contributed by atoms with Gasteiger partial charge in [0, 0.05) is 30.1 Å². The van der Waals surface area contributed by atoms with Crippen LogP contribution in [0.25, 0.3) is 11.5 Å². The lowest BCUT2D eigenvalue weighted by atomic mass is 10.1. The molecule has 150 valence electrons. The Bertz CT molecular complexity index is 1030. The van der Waals surface area contributed by atoms with Crippen LogP contribution in [-0.2, 0) is 4.79 Å². The highest BCUT2D eigenvalue weighted by Crippen LogP contribution is 2.32. The number of alkyl halides is 3. The number of rotatable bonds is 4. The maximum Gasteiger partial charge on any atom is 0.573 e. The lowest BCUT2D eigenvalue weighted by Crippen LogP contribution is -2.24. The van der Waals surface area contributed by atoms with E-state index in [9.17, 15) is 18.0 Å². The van der Waals surface area contributed by atoms with Gasteiger partial charge in [-0.2, -0.15) is 4.98 Å². The van der Waals surface area contributed by atoms with Gasteiger partial charge in [-0.3, -0.25) is 4.79 Å². The second-order valence-electron chi connectivity index (χ2n) is 6.77. The average Bonchev–Trinajstić information content (AvgIpc) is 3.28. The standard InChI is InChI=1S/C20H16F3N3O3/c1-12-5-7-15(8-6-12)26-11-14(10-17(26)27)18-24-19(29-25-18)13-3-2-4-16(9-13)28-20(21,22)23/h2-9,14H,10-11H2,1H3. The zero-order chi connectivity index (χ0) is 20.6. The zero-order valence-electron chi connectivity index (χ0n) is 15.3. The smallest absolute Gasteiger partial charge is 0.406 e. The number of ether oxygens (including phenoxy) is 1. The number of halogens is 3. The number of aromatic nitrogens is 2. The van der Waals surface area contributed by atoms with Gasteiger partial charge in [-0.25, -0.2) is 0 Å². The van der Waals surface area contributed by atoms with Gasteiger partial charge in [0.15, 0.2) is 5.82 Å². The van der Waals surface area contributed by atoms with Crippen LogP contribution in [0.5, 0.6) is 5.75 Å². The number of anilines is 1. The molecule has 1 fully saturated rings. The highest BCUT2D eigenvalue weighted by atomic mass is 19.4. The van der Waals surface area contributed by atoms with Gasteiger partial charge in [0.2, 0.25) is 5.91 Å². The summed E-state index contributed by atoms with van der Waals surface area (Å²) in [6.45, 7) is 2.37. The van der Waals surface area contributed by atoms with Gasteiger partial charge in [-0.15, -0.1) is 13.2 Å². The van der Waals surface area contributed by atoms with Gasteiger partial charge in [-0.1, -0.05) is 28.9 Å². The number of hydrogen-bond donors (Lipinski definition) is 0. The maximum atomic E-state index is 12.4. The third-order valence-electron chi connectivity index (χ3n) is 4.59. The van der Waals surface area contributed by atoms with Crippen molar-refractivity contribution < 1.29 is 27.2 Å². The Morgan fingerprint density at radius 3 is 2.66 bits per heavy atom. The minimum atomic E-state index is -4.79. The Morgan fingerprint density at radius 2 is 1.93 bits per heavy atom. The summed E-state index contributed by atoms with van der Waals surface area (Å²) in [5, 5.41) is 3.93. The summed E-state index contributed by atoms with van der Waals surface area (Å²) in [4.78, 5) is 18.4. The molecular weight excluding hydrogens is 387 g/mol. The van der Waals surface area contributed by atoms with Crippen molar-refractivity contribution in [3.05, 3.63) is 59.9 Å². The van der Waals surface area contributed by atoms with Crippen molar-refractivity contribution in [2.75, 3.05) is 11.4 Å². The normalized spacial score (nSPS) is 17.0. The zero-order valence-corrected chi connectivity index (χ0v) is 15.3. The van der Waals surface area contributed by atoms with Gasteiger partial charge >= 0.3 is 6.36 Å². The fourth-order valence-electron chi connectivity index (χ4n) is 3.20. The molecule has 1 unspecified atom stereocenters. The summed E-state index contributed by atoms with van der Waals surface area (Å²) in [6.07, 6.45) is -4.56. The fourth-order valence-corrected chi connectivity index (χ4v) is 3.20. The molecule has 1 aliphatic heterocycles. The molecule has 0 N–H and O–H groups in total. The Hall–Kier alpha value is -3.36. The van der Waals surface area contributed by atoms with Crippen LogP contribution in [0.4, 0.5) is 18.9 Å². The third kappa shape index (κ3) is 4.23. The van der Waals surface area contributed by atoms with Crippen LogP contribution in [0, 0.1) is 6.92 Å². The number of benzene rings is 2. The van der Waals surface area contributed by atoms with Crippen LogP contribution in [-0.4, -0.2) is 29.0 Å². The molecular formula is C20H16F3N3O3. The van der Waals surface area contributed by atoms with E-state index in [0.29, 0.717) is 17.9 Å². The van der Waals surface area contributed by atoms with Gasteiger partial charge in [0.1, 0.15) is 5.75 Å². The largest absolute Gasteiger partial charge is 0.573 e. The first kappa shape index (κ1) is 19.0. The van der Waals surface area contributed by atoms with E-state index in [-0.39, 0.29) is 29.9 Å². The molecule has 0 aliphatic carbocycles. The van der Waals surface area contributed by atoms with Crippen LogP contribution in [0.1, 0.15) is 23.7 Å². The molecule has 9 heteroatoms. The Morgan fingerprint density at radius 1 is 1.17 bits per heavy atom. The molecule has 1 atom stereocenters. The minimum Gasteiger partial charge on any atom is -0.406 e. The molecule has 0 saturated carbocycles. The summed E-state index contributed by atoms with van der Waals surface area (Å²) in [6, 6.07) is 12.9. The molecule has 3 aromatic rings. The molecule has 1 amide bonds. The molecule has 0 bridgehead atoms. The van der Waals surface area contributed by atoms with E-state index in [2.05, 4.69) is 14.9 Å². The van der Waals surface area contributed by atoms with Crippen molar-refractivity contribution >= 4 is 11.6 Å². The molecule has 2 aromatic carbocycles. The first-order chi connectivity index (χ1) is 13.8. The van der Waals surface area contributed by atoms with Crippen molar-refractivity contribution in [1.29, 1.82) is 0 Å². The molecule has 6 nitrogen and oxygen atoms in total. The Labute approximate surface area is 163 Å². The topological polar surface area (TPSA) is 68.5 Å². The lowest BCUT2D eigenvalue weighted by molar-refractivity contribution is -0.274. The predicted octanol–water partition coefficient (Wildman–Crippen LogP) is 4.46. The molecule has 1 aromatic heterocycles. The molecule has 2 heterocycles. The first-order valence-corrected chi connectivity index (χ1v) is 8.85. The Kier molecular flexibility index (Phi) is 4.73. The summed E-state index contributed by atoms with van der Waals surface area (Å²) < 4.78 is 46.4. The van der Waals surface area contributed by atoms with Gasteiger partial charge in [-0.05, 0) is 37.3 Å². The highest BCUT2D eigenvalue weighted by Gasteiger charge is 2.35. The monoisotopic (exact) mass is 403 g/mol. The van der Waals surface area contributed by atoms with Gasteiger partial charge in [0.25, 0.3) is 5.89 Å². The van der Waals surface area contributed by atoms with Crippen LogP contribution in [0.2, 0.25) is 0 Å². The number of carbonyl (C=O) groups excluding carboxylic acids is 1. The van der Waals surface area contributed by atoms with E-state index in [1.807, 2.05) is 31.2 Å². The third-order valence-corrected chi connectivity index (χ3v) is 4.59. The summed E-state index contributed by atoms with van der Waals surface area (Å²) >= 11 is 0. The fraction of sp³-hybridized carbons (Fsp3) is 0.250. The second-order valence-corrected chi connectivity index (χ2v) is 6.77. The molecule has 1 saturated heterocycles. The van der Waals surface area contributed by atoms with Crippen molar-refractivity contribution in [3.8, 4) is 17.2 Å². The number of nitrogens with zero attached hydrogens (tertiary/aromatic N) is 3. The molecule has 0 spiro atoms. The van der Waals surface area contributed by atoms with E-state index < -0.39 is 6.36 Å². The van der Waals surface area contributed by atoms with Crippen molar-refractivity contribution in [3.63, 3.8) is 0 Å². The Balaban J connectivity index is 1.52. The van der Waals surface area contributed by atoms with Crippen molar-refractivity contribution in [2.24, 2.45) is 0 Å². The number of carbonyl (C=O) groups is 1. The second kappa shape index (κ2) is 7.23. The van der Waals surface area contributed by atoms with Gasteiger partial charge in [0.05, 0.1) is 0 Å². The number of hydrogen-bond acceptors (Lipinski definition) is 5. The van der Waals surface area contributed by atoms with Gasteiger partial charge < -0.3 is 14.2 Å². The minimum absolute atomic E-state index is 0.0502. The summed E-state index contributed by atoms with van der Waals surface area (Å²) in [5.74, 6) is -0.294. The number of amides is 1. The molecule has 0 radical (unpaired) electrons. The molecule has 1 aliphatic rings. The van der Waals surface area contributed by atoms with E-state index in [4.69, 9.17) is 4.52 Å². The lowest BCUT2D eigenvalue weighted by Gasteiger charge is -2.16. The average molecular weight is 403 g/mol. The van der Waals surface area contributed by atoms with E-state index >= 15 is 0 Å². The predicted molar refractivity (Wildman–Crippen MR) is 97.3 cm³/mol. The SMILES string of the molecule is Cc1ccc(N2CC(c3noc(-c4cccc(OC(F)(F)F)c4)n3)CC2=O)cc1. The van der Waals surface area contributed by atoms with E-state index in [1.54, 1.807) is 11.0 Å². The van der Waals surface area contributed by atoms with Crippen LogP contribution >= 0.6 is 0 Å². The maximum absolute atomic E-state index is 12.4. The first-order valence-electron chi connectivity index (χ1n) is 8.85. The number of aryl methyl sites for hydroxylation is 1. The molecule has 29 heavy (non-hydrogen) atoms. The van der Waals surface area contributed by atoms with Crippen molar-refractivity contribution in [2.45, 2.75) is 25.6 Å². The summed E-state index contributed by atoms with van der Waals surface area (Å²) in [7, 11) is 0. The quantitative estimate of drug-likeness (QED) is 0.643. The van der Waals surface area contributed by atoms with Crippen LogP contribution in [0.3, 0.4) is 0 Å². The van der Waals surface area contributed by atoms with E-state index in [1.165, 1.54) is 18.2 Å². The van der Waals surface area contributed by atoms with Crippen LogP contribution < -0.4 is 9.64 Å². The van der Waals surface area contributed by atoms with Crippen molar-refractivity contribution in [1.82, 2.24) is 10.1 Å². The van der Waals surface area contributed by atoms with E-state index in [0.717, 1.165) is 11.3 Å².